The maximum Gasteiger partial charge on any atom is 0.586 e. The van der Waals surface area contributed by atoms with Crippen molar-refractivity contribution in [3.63, 3.8) is 0 Å². The van der Waals surface area contributed by atoms with Crippen molar-refractivity contribution in [3.8, 4) is 23.0 Å². The number of Topliss-reactive ketones (excluding diaryl/α,β-unsaturated/α-hetero) is 1. The van der Waals surface area contributed by atoms with Gasteiger partial charge >= 0.3 is 12.6 Å². The number of hydrogen-bond acceptors (Lipinski definition) is 7. The molecule has 0 unspecified atom stereocenters. The second-order valence-electron chi connectivity index (χ2n) is 10.4. The number of likely N-dealkylation sites (tertiary alicyclic amines) is 2. The molecule has 0 radical (unpaired) electrons. The van der Waals surface area contributed by atoms with Crippen molar-refractivity contribution in [3.05, 3.63) is 47.5 Å². The van der Waals surface area contributed by atoms with Gasteiger partial charge in [-0.15, -0.1) is 17.6 Å². The van der Waals surface area contributed by atoms with Gasteiger partial charge in [0.05, 0.1) is 10.8 Å². The number of piperidine rings is 2. The number of carbonyl (C=O) groups excluding carboxylic acids is 3. The summed E-state index contributed by atoms with van der Waals surface area (Å²) in [5.41, 5.74) is -2.11. The Hall–Kier alpha value is -4.03. The molecule has 0 spiro atoms. The minimum absolute atomic E-state index is 0.0258. The van der Waals surface area contributed by atoms with Gasteiger partial charge in [-0.2, -0.15) is 0 Å². The molecule has 2 saturated heterocycles. The molecule has 2 bridgehead atoms. The molecule has 4 aliphatic heterocycles. The van der Waals surface area contributed by atoms with E-state index in [1.165, 1.54) is 34.1 Å². The number of benzene rings is 2. The van der Waals surface area contributed by atoms with E-state index in [0.29, 0.717) is 0 Å². The normalized spacial score (nSPS) is 27.9. The second kappa shape index (κ2) is 7.51. The molecule has 2 amide bonds. The zero-order chi connectivity index (χ0) is 27.3. The van der Waals surface area contributed by atoms with Crippen LogP contribution < -0.4 is 18.9 Å². The van der Waals surface area contributed by atoms with Gasteiger partial charge in [-0.1, -0.05) is 0 Å². The highest BCUT2D eigenvalue weighted by Crippen LogP contribution is 2.46. The van der Waals surface area contributed by atoms with Crippen molar-refractivity contribution >= 4 is 17.6 Å². The molecule has 0 N–H and O–H groups in total. The number of ether oxygens (including phenoxy) is 4. The zero-order valence-corrected chi connectivity index (χ0v) is 20.1. The summed E-state index contributed by atoms with van der Waals surface area (Å²) in [6.45, 7) is 3.19. The van der Waals surface area contributed by atoms with E-state index >= 15 is 0 Å². The predicted molar refractivity (Wildman–Crippen MR) is 118 cm³/mol. The topological polar surface area (TPSA) is 94.6 Å². The van der Waals surface area contributed by atoms with Crippen LogP contribution >= 0.6 is 0 Å². The molecule has 6 rings (SSSR count). The third-order valence-corrected chi connectivity index (χ3v) is 7.13. The first-order valence-corrected chi connectivity index (χ1v) is 11.6. The van der Waals surface area contributed by atoms with Crippen molar-refractivity contribution in [2.24, 2.45) is 10.8 Å². The molecule has 4 aliphatic rings. The van der Waals surface area contributed by atoms with Crippen LogP contribution in [0.3, 0.4) is 0 Å². The lowest BCUT2D eigenvalue weighted by Crippen LogP contribution is -2.69. The fraction of sp³-hybridized carbons (Fsp3) is 0.400. The van der Waals surface area contributed by atoms with Crippen LogP contribution in [0.4, 0.5) is 17.6 Å². The Morgan fingerprint density at radius 1 is 0.658 bits per heavy atom. The van der Waals surface area contributed by atoms with Crippen LogP contribution in [-0.2, 0) is 4.79 Å². The molecule has 2 aromatic carbocycles. The van der Waals surface area contributed by atoms with Gasteiger partial charge in [0, 0.05) is 37.3 Å². The van der Waals surface area contributed by atoms with Crippen LogP contribution in [0.1, 0.15) is 34.6 Å². The van der Waals surface area contributed by atoms with Gasteiger partial charge in [0.15, 0.2) is 28.8 Å². The largest absolute Gasteiger partial charge is 0.586 e. The fourth-order valence-electron chi connectivity index (χ4n) is 5.73. The lowest BCUT2D eigenvalue weighted by Gasteiger charge is -2.55. The van der Waals surface area contributed by atoms with E-state index in [9.17, 15) is 31.9 Å². The third kappa shape index (κ3) is 3.79. The lowest BCUT2D eigenvalue weighted by atomic mass is 9.64. The summed E-state index contributed by atoms with van der Waals surface area (Å²) in [6.07, 6.45) is -7.65. The highest BCUT2D eigenvalue weighted by atomic mass is 19.3. The van der Waals surface area contributed by atoms with Crippen LogP contribution in [0.2, 0.25) is 0 Å². The lowest BCUT2D eigenvalue weighted by molar-refractivity contribution is -0.287. The van der Waals surface area contributed by atoms with Gasteiger partial charge in [0.1, 0.15) is 0 Å². The van der Waals surface area contributed by atoms with Gasteiger partial charge in [-0.25, -0.2) is 0 Å². The molecule has 0 atom stereocenters. The molecule has 0 aliphatic carbocycles. The molecule has 2 fully saturated rings. The highest BCUT2D eigenvalue weighted by Gasteiger charge is 2.57. The van der Waals surface area contributed by atoms with E-state index in [0.717, 1.165) is 12.1 Å². The van der Waals surface area contributed by atoms with Crippen molar-refractivity contribution in [1.82, 2.24) is 9.80 Å². The molecule has 0 aromatic heterocycles. The van der Waals surface area contributed by atoms with Crippen molar-refractivity contribution in [2.45, 2.75) is 26.4 Å². The molecule has 4 heterocycles. The Labute approximate surface area is 212 Å². The molecular formula is C25H20F4N2O7. The summed E-state index contributed by atoms with van der Waals surface area (Å²) in [5, 5.41) is 0. The van der Waals surface area contributed by atoms with Gasteiger partial charge < -0.3 is 28.7 Å². The maximum atomic E-state index is 13.4. The highest BCUT2D eigenvalue weighted by molar-refractivity contribution is 6.01. The summed E-state index contributed by atoms with van der Waals surface area (Å²) in [6, 6.07) is 7.42. The molecule has 200 valence electrons. The standard InChI is InChI=1S/C25H20F4N2O7/c1-22-9-30(19(32)13-3-5-15-17(7-13)37-24(26,27)35-15)11-23(2,21(22)34)12-31(10-22)20(33)14-4-6-16-18(8-14)38-25(28,29)36-16/h3-8H,9-12H2,1-2H3. The first-order valence-electron chi connectivity index (χ1n) is 11.6. The molecule has 0 saturated carbocycles. The van der Waals surface area contributed by atoms with E-state index in [1.807, 2.05) is 0 Å². The molecule has 13 heteroatoms. The van der Waals surface area contributed by atoms with Crippen LogP contribution in [0.25, 0.3) is 0 Å². The SMILES string of the molecule is CC12CN(C(=O)c3ccc4c(c3)OC(F)(F)O4)CC(C)(CN(C(=O)c3ccc4c(c3)OC(F)(F)O4)C1)C2=O. The number of ketones is 1. The van der Waals surface area contributed by atoms with Crippen LogP contribution in [0.15, 0.2) is 36.4 Å². The number of fused-ring (bicyclic) bond motifs is 4. The number of halogens is 4. The molecule has 38 heavy (non-hydrogen) atoms. The quantitative estimate of drug-likeness (QED) is 0.543. The van der Waals surface area contributed by atoms with Crippen molar-refractivity contribution < 1.29 is 50.9 Å². The Morgan fingerprint density at radius 2 is 1.00 bits per heavy atom. The van der Waals surface area contributed by atoms with Crippen molar-refractivity contribution in [2.75, 3.05) is 26.2 Å². The van der Waals surface area contributed by atoms with E-state index < -0.39 is 35.2 Å². The van der Waals surface area contributed by atoms with E-state index in [-0.39, 0.29) is 66.1 Å². The van der Waals surface area contributed by atoms with Gasteiger partial charge in [-0.3, -0.25) is 14.4 Å². The van der Waals surface area contributed by atoms with Crippen LogP contribution in [0.5, 0.6) is 23.0 Å². The number of hydrogen-bond donors (Lipinski definition) is 0. The zero-order valence-electron chi connectivity index (χ0n) is 20.1. The first kappa shape index (κ1) is 24.3. The Balaban J connectivity index is 1.23. The number of rotatable bonds is 2. The first-order chi connectivity index (χ1) is 17.7. The maximum absolute atomic E-state index is 13.4. The van der Waals surface area contributed by atoms with Crippen LogP contribution in [0, 0.1) is 10.8 Å². The number of nitrogens with zero attached hydrogens (tertiary/aromatic N) is 2. The smallest absolute Gasteiger partial charge is 0.395 e. The molecular weight excluding hydrogens is 516 g/mol. The Bertz CT molecular complexity index is 1300. The van der Waals surface area contributed by atoms with E-state index in [1.54, 1.807) is 13.8 Å². The summed E-state index contributed by atoms with van der Waals surface area (Å²) >= 11 is 0. The summed E-state index contributed by atoms with van der Waals surface area (Å²) in [4.78, 5) is 43.0. The number of amides is 2. The van der Waals surface area contributed by atoms with Gasteiger partial charge in [-0.05, 0) is 50.2 Å². The van der Waals surface area contributed by atoms with Crippen molar-refractivity contribution in [1.29, 1.82) is 0 Å². The minimum Gasteiger partial charge on any atom is -0.395 e. The van der Waals surface area contributed by atoms with E-state index in [4.69, 9.17) is 0 Å². The Kier molecular flexibility index (Phi) is 4.81. The average Bonchev–Trinajstić information content (AvgIpc) is 3.31. The summed E-state index contributed by atoms with van der Waals surface area (Å²) in [7, 11) is 0. The molecule has 2 aromatic rings. The monoisotopic (exact) mass is 536 g/mol. The average molecular weight is 536 g/mol. The van der Waals surface area contributed by atoms with Crippen LogP contribution in [-0.4, -0.2) is 66.2 Å². The molecule has 9 nitrogen and oxygen atoms in total. The van der Waals surface area contributed by atoms with Gasteiger partial charge in [0.2, 0.25) is 0 Å². The summed E-state index contributed by atoms with van der Waals surface area (Å²) < 4.78 is 71.2. The number of carbonyl (C=O) groups is 3. The summed E-state index contributed by atoms with van der Waals surface area (Å²) in [5.74, 6) is -2.04. The van der Waals surface area contributed by atoms with E-state index in [2.05, 4.69) is 18.9 Å². The predicted octanol–water partition coefficient (Wildman–Crippen LogP) is 3.52. The minimum atomic E-state index is -3.83. The second-order valence-corrected chi connectivity index (χ2v) is 10.4. The number of alkyl halides is 4. The fourth-order valence-corrected chi connectivity index (χ4v) is 5.73. The third-order valence-electron chi connectivity index (χ3n) is 7.13. The van der Waals surface area contributed by atoms with Gasteiger partial charge in [0.25, 0.3) is 11.8 Å². The Morgan fingerprint density at radius 3 is 1.37 bits per heavy atom.